The van der Waals surface area contributed by atoms with E-state index in [-0.39, 0.29) is 5.60 Å². The number of aromatic nitrogens is 2. The van der Waals surface area contributed by atoms with Crippen molar-refractivity contribution < 1.29 is 9.26 Å². The lowest BCUT2D eigenvalue weighted by atomic mass is 10.0. The van der Waals surface area contributed by atoms with E-state index in [2.05, 4.69) is 47.5 Å². The molecule has 1 aromatic carbocycles. The van der Waals surface area contributed by atoms with Crippen LogP contribution >= 0.6 is 0 Å². The summed E-state index contributed by atoms with van der Waals surface area (Å²) < 4.78 is 10.7. The van der Waals surface area contributed by atoms with Gasteiger partial charge in [0.05, 0.1) is 6.54 Å². The smallest absolute Gasteiger partial charge is 0.213 e. The van der Waals surface area contributed by atoms with Gasteiger partial charge in [-0.2, -0.15) is 4.98 Å². The van der Waals surface area contributed by atoms with Crippen LogP contribution in [0.4, 0.5) is 0 Å². The zero-order valence-corrected chi connectivity index (χ0v) is 11.1. The van der Waals surface area contributed by atoms with Gasteiger partial charge >= 0.3 is 0 Å². The average molecular weight is 259 g/mol. The maximum atomic E-state index is 6.02. The third kappa shape index (κ3) is 2.61. The van der Waals surface area contributed by atoms with E-state index in [1.165, 1.54) is 17.5 Å². The Hall–Kier alpha value is -1.88. The predicted octanol–water partition coefficient (Wildman–Crippen LogP) is 2.07. The molecule has 0 radical (unpaired) electrons. The number of benzene rings is 1. The molecule has 0 atom stereocenters. The molecule has 1 N–H and O–H groups in total. The molecule has 0 saturated carbocycles. The minimum Gasteiger partial charge on any atom is -0.487 e. The number of hydrogen-bond donors (Lipinski definition) is 1. The van der Waals surface area contributed by atoms with E-state index in [1.54, 1.807) is 0 Å². The summed E-state index contributed by atoms with van der Waals surface area (Å²) in [5, 5.41) is 7.06. The molecular weight excluding hydrogens is 242 g/mol. The highest BCUT2D eigenvalue weighted by molar-refractivity contribution is 5.45. The normalized spacial score (nSPS) is 16.1. The summed E-state index contributed by atoms with van der Waals surface area (Å²) in [7, 11) is 0. The maximum absolute atomic E-state index is 6.02. The molecule has 1 aromatic heterocycles. The first-order valence-corrected chi connectivity index (χ1v) is 6.40. The highest BCUT2D eigenvalue weighted by atomic mass is 16.5. The maximum Gasteiger partial charge on any atom is 0.213 e. The molecule has 5 nitrogen and oxygen atoms in total. The number of nitrogens with zero attached hydrogens (tertiary/aromatic N) is 2. The van der Waals surface area contributed by atoms with Crippen molar-refractivity contribution in [3.63, 3.8) is 0 Å². The second-order valence-electron chi connectivity index (χ2n) is 5.39. The van der Waals surface area contributed by atoms with Crippen molar-refractivity contribution in [2.24, 2.45) is 0 Å². The summed E-state index contributed by atoms with van der Waals surface area (Å²) in [6, 6.07) is 6.30. The quantitative estimate of drug-likeness (QED) is 0.910. The molecule has 0 bridgehead atoms. The molecular formula is C14H17N3O2. The topological polar surface area (TPSA) is 60.2 Å². The zero-order chi connectivity index (χ0) is 13.3. The lowest BCUT2D eigenvalue weighted by molar-refractivity contribution is 0.137. The summed E-state index contributed by atoms with van der Waals surface area (Å²) >= 11 is 0. The first kappa shape index (κ1) is 12.2. The second kappa shape index (κ2) is 4.66. The van der Waals surface area contributed by atoms with Crippen LogP contribution in [0.25, 0.3) is 0 Å². The highest BCUT2D eigenvalue weighted by Crippen LogP contribution is 2.37. The van der Waals surface area contributed by atoms with Crippen molar-refractivity contribution in [2.75, 3.05) is 0 Å². The molecule has 1 aliphatic heterocycles. The summed E-state index contributed by atoms with van der Waals surface area (Å²) in [5.74, 6) is 1.68. The van der Waals surface area contributed by atoms with Gasteiger partial charge in [0.25, 0.3) is 0 Å². The number of nitrogens with one attached hydrogen (secondary N) is 1. The van der Waals surface area contributed by atoms with Crippen molar-refractivity contribution in [1.29, 1.82) is 0 Å². The molecule has 0 saturated heterocycles. The average Bonchev–Trinajstić information content (AvgIpc) is 2.95. The summed E-state index contributed by atoms with van der Waals surface area (Å²) in [5.41, 5.74) is 2.35. The largest absolute Gasteiger partial charge is 0.487 e. The zero-order valence-electron chi connectivity index (χ0n) is 11.1. The van der Waals surface area contributed by atoms with E-state index in [1.807, 2.05) is 0 Å². The van der Waals surface area contributed by atoms with Crippen molar-refractivity contribution in [3.05, 3.63) is 41.5 Å². The summed E-state index contributed by atoms with van der Waals surface area (Å²) in [6.45, 7) is 5.55. The fourth-order valence-electron chi connectivity index (χ4n) is 2.40. The number of ether oxygens (including phenoxy) is 1. The van der Waals surface area contributed by atoms with Gasteiger partial charge in [-0.15, -0.1) is 0 Å². The Morgan fingerprint density at radius 3 is 3.00 bits per heavy atom. The van der Waals surface area contributed by atoms with Gasteiger partial charge in [-0.3, -0.25) is 0 Å². The molecule has 0 amide bonds. The van der Waals surface area contributed by atoms with Crippen molar-refractivity contribution in [3.8, 4) is 5.75 Å². The molecule has 0 aliphatic carbocycles. The van der Waals surface area contributed by atoms with Crippen LogP contribution < -0.4 is 10.1 Å². The van der Waals surface area contributed by atoms with E-state index in [9.17, 15) is 0 Å². The van der Waals surface area contributed by atoms with Crippen LogP contribution in [-0.4, -0.2) is 15.7 Å². The molecule has 2 heterocycles. The number of fused-ring (bicyclic) bond motifs is 1. The Kier molecular flexibility index (Phi) is 2.98. The number of hydrogen-bond acceptors (Lipinski definition) is 5. The Bertz CT molecular complexity index is 564. The van der Waals surface area contributed by atoms with E-state index < -0.39 is 0 Å². The Balaban J connectivity index is 1.68. The standard InChI is InChI=1S/C14H17N3O2/c1-14(2)6-10-4-3-5-11(13(10)19-14)7-15-8-12-16-9-18-17-12/h3-5,9,15H,6-8H2,1-2H3. The van der Waals surface area contributed by atoms with Gasteiger partial charge in [0.2, 0.25) is 6.39 Å². The molecule has 0 spiro atoms. The number of para-hydroxylation sites is 1. The lowest BCUT2D eigenvalue weighted by Gasteiger charge is -2.18. The highest BCUT2D eigenvalue weighted by Gasteiger charge is 2.31. The molecule has 2 aromatic rings. The minimum absolute atomic E-state index is 0.105. The molecule has 1 aliphatic rings. The summed E-state index contributed by atoms with van der Waals surface area (Å²) in [6.07, 6.45) is 2.30. The summed E-state index contributed by atoms with van der Waals surface area (Å²) in [4.78, 5) is 3.97. The fraction of sp³-hybridized carbons (Fsp3) is 0.429. The van der Waals surface area contributed by atoms with E-state index in [0.29, 0.717) is 12.4 Å². The van der Waals surface area contributed by atoms with Crippen LogP contribution in [0.2, 0.25) is 0 Å². The Morgan fingerprint density at radius 1 is 1.32 bits per heavy atom. The lowest BCUT2D eigenvalue weighted by Crippen LogP contribution is -2.25. The minimum atomic E-state index is -0.105. The van der Waals surface area contributed by atoms with Crippen molar-refractivity contribution >= 4 is 0 Å². The van der Waals surface area contributed by atoms with Crippen molar-refractivity contribution in [2.45, 2.75) is 39.0 Å². The molecule has 5 heteroatoms. The second-order valence-corrected chi connectivity index (χ2v) is 5.39. The number of rotatable bonds is 4. The first-order chi connectivity index (χ1) is 9.14. The van der Waals surface area contributed by atoms with Crippen LogP contribution in [0.5, 0.6) is 5.75 Å². The third-order valence-electron chi connectivity index (χ3n) is 3.18. The van der Waals surface area contributed by atoms with Crippen LogP contribution in [-0.2, 0) is 19.5 Å². The van der Waals surface area contributed by atoms with Gasteiger partial charge in [0.15, 0.2) is 5.82 Å². The SMILES string of the molecule is CC1(C)Cc2cccc(CNCc3ncon3)c2O1. The van der Waals surface area contributed by atoms with E-state index in [0.717, 1.165) is 18.7 Å². The van der Waals surface area contributed by atoms with Gasteiger partial charge in [-0.1, -0.05) is 23.4 Å². The Labute approximate surface area is 112 Å². The molecule has 0 unspecified atom stereocenters. The molecule has 19 heavy (non-hydrogen) atoms. The van der Waals surface area contributed by atoms with Crippen LogP contribution in [0.15, 0.2) is 29.1 Å². The van der Waals surface area contributed by atoms with Crippen LogP contribution in [0.1, 0.15) is 30.8 Å². The molecule has 0 fully saturated rings. The Morgan fingerprint density at radius 2 is 2.21 bits per heavy atom. The first-order valence-electron chi connectivity index (χ1n) is 6.40. The third-order valence-corrected chi connectivity index (χ3v) is 3.18. The van der Waals surface area contributed by atoms with Gasteiger partial charge in [-0.05, 0) is 19.4 Å². The van der Waals surface area contributed by atoms with Gasteiger partial charge in [0.1, 0.15) is 11.4 Å². The molecule has 100 valence electrons. The predicted molar refractivity (Wildman–Crippen MR) is 69.7 cm³/mol. The molecule has 3 rings (SSSR count). The fourth-order valence-corrected chi connectivity index (χ4v) is 2.40. The van der Waals surface area contributed by atoms with Gasteiger partial charge in [-0.25, -0.2) is 0 Å². The van der Waals surface area contributed by atoms with Gasteiger partial charge in [0, 0.05) is 18.5 Å². The van der Waals surface area contributed by atoms with Crippen LogP contribution in [0.3, 0.4) is 0 Å². The van der Waals surface area contributed by atoms with Crippen LogP contribution in [0, 0.1) is 0 Å². The van der Waals surface area contributed by atoms with E-state index in [4.69, 9.17) is 9.26 Å². The van der Waals surface area contributed by atoms with E-state index >= 15 is 0 Å². The van der Waals surface area contributed by atoms with Crippen molar-refractivity contribution in [1.82, 2.24) is 15.5 Å². The van der Waals surface area contributed by atoms with Gasteiger partial charge < -0.3 is 14.6 Å². The monoisotopic (exact) mass is 259 g/mol.